The molecule has 5 heteroatoms. The van der Waals surface area contributed by atoms with Crippen molar-refractivity contribution in [3.8, 4) is 0 Å². The molecule has 0 bridgehead atoms. The highest BCUT2D eigenvalue weighted by Gasteiger charge is 2.80. The maximum absolute atomic E-state index is 12.1. The van der Waals surface area contributed by atoms with E-state index in [4.69, 9.17) is 18.9 Å². The van der Waals surface area contributed by atoms with Gasteiger partial charge in [-0.1, -0.05) is 60.7 Å². The van der Waals surface area contributed by atoms with Crippen LogP contribution in [0, 0.1) is 0 Å². The maximum atomic E-state index is 12.1. The lowest BCUT2D eigenvalue weighted by Crippen LogP contribution is -2.50. The van der Waals surface area contributed by atoms with Crippen molar-refractivity contribution in [2.24, 2.45) is 0 Å². The summed E-state index contributed by atoms with van der Waals surface area (Å²) in [6.07, 6.45) is -2.19. The Hall–Kier alpha value is -2.05. The van der Waals surface area contributed by atoms with E-state index in [-0.39, 0.29) is 30.2 Å². The van der Waals surface area contributed by atoms with Crippen LogP contribution in [0.15, 0.2) is 60.7 Å². The van der Waals surface area contributed by atoms with Gasteiger partial charge >= 0.3 is 0 Å². The molecule has 1 spiro atoms. The Morgan fingerprint density at radius 1 is 0.640 bits per heavy atom. The lowest BCUT2D eigenvalue weighted by molar-refractivity contribution is -0.204. The van der Waals surface area contributed by atoms with Gasteiger partial charge in [0.2, 0.25) is 5.79 Å². The van der Waals surface area contributed by atoms with Crippen molar-refractivity contribution in [1.82, 2.24) is 0 Å². The number of fused-ring (bicyclic) bond motifs is 4. The van der Waals surface area contributed by atoms with Crippen molar-refractivity contribution in [1.29, 1.82) is 0 Å². The van der Waals surface area contributed by atoms with E-state index in [2.05, 4.69) is 0 Å². The third kappa shape index (κ3) is 1.89. The van der Waals surface area contributed by atoms with Crippen LogP contribution in [-0.4, -0.2) is 36.0 Å². The van der Waals surface area contributed by atoms with Crippen LogP contribution in [0.1, 0.15) is 23.3 Å². The standard InChI is InChI=1S/C20H16O5/c21-13-16-18(22-16)20(19-17(13)23-19)24-14(11-7-3-1-4-8-11)15(25-20)12-9-5-2-6-10-12/h1-10,14-19H/t14-,15-,16-,17+,18-,19+/m1/s1. The number of rotatable bonds is 2. The van der Waals surface area contributed by atoms with Crippen molar-refractivity contribution in [2.45, 2.75) is 42.4 Å². The van der Waals surface area contributed by atoms with E-state index >= 15 is 0 Å². The molecule has 0 amide bonds. The average Bonchev–Trinajstić information content (AvgIpc) is 3.58. The Labute approximate surface area is 144 Å². The molecule has 3 aliphatic heterocycles. The molecule has 4 aliphatic rings. The van der Waals surface area contributed by atoms with Gasteiger partial charge in [-0.25, -0.2) is 0 Å². The van der Waals surface area contributed by atoms with Gasteiger partial charge in [0.05, 0.1) is 0 Å². The molecule has 25 heavy (non-hydrogen) atoms. The summed E-state index contributed by atoms with van der Waals surface area (Å²) in [6.45, 7) is 0. The second-order valence-electron chi connectivity index (χ2n) is 6.98. The monoisotopic (exact) mass is 336 g/mol. The third-order valence-corrected chi connectivity index (χ3v) is 5.49. The number of carbonyl (C=O) groups excluding carboxylic acids is 1. The van der Waals surface area contributed by atoms with Gasteiger partial charge in [-0.3, -0.25) is 4.79 Å². The zero-order valence-corrected chi connectivity index (χ0v) is 13.3. The van der Waals surface area contributed by atoms with Gasteiger partial charge in [0.25, 0.3) is 0 Å². The van der Waals surface area contributed by atoms with Gasteiger partial charge < -0.3 is 18.9 Å². The van der Waals surface area contributed by atoms with E-state index in [1.807, 2.05) is 60.7 Å². The van der Waals surface area contributed by atoms with Gasteiger partial charge in [-0.2, -0.15) is 0 Å². The summed E-state index contributed by atoms with van der Waals surface area (Å²) in [7, 11) is 0. The molecule has 3 heterocycles. The first-order valence-corrected chi connectivity index (χ1v) is 8.58. The SMILES string of the molecule is O=C1[C@H]2O[C@H]2C2(O[C@H](c3ccccc3)[C@@H](c3ccccc3)O2)[C@H]2O[C@@H]12. The van der Waals surface area contributed by atoms with Crippen LogP contribution in [0.5, 0.6) is 0 Å². The Kier molecular flexibility index (Phi) is 2.70. The lowest BCUT2D eigenvalue weighted by atomic mass is 9.93. The molecule has 2 aromatic rings. The Morgan fingerprint density at radius 2 is 1.08 bits per heavy atom. The Bertz CT molecular complexity index is 766. The minimum absolute atomic E-state index is 0.0206. The van der Waals surface area contributed by atoms with Crippen LogP contribution in [0.3, 0.4) is 0 Å². The quantitative estimate of drug-likeness (QED) is 0.788. The molecule has 0 aromatic heterocycles. The average molecular weight is 336 g/mol. The van der Waals surface area contributed by atoms with Gasteiger partial charge in [0, 0.05) is 0 Å². The highest BCUT2D eigenvalue weighted by Crippen LogP contribution is 2.61. The molecule has 3 saturated heterocycles. The molecule has 1 aliphatic carbocycles. The summed E-state index contributed by atoms with van der Waals surface area (Å²) in [5.74, 6) is -0.975. The van der Waals surface area contributed by atoms with Crippen molar-refractivity contribution < 1.29 is 23.7 Å². The number of ether oxygens (including phenoxy) is 4. The predicted molar refractivity (Wildman–Crippen MR) is 85.6 cm³/mol. The number of epoxide rings is 2. The predicted octanol–water partition coefficient (Wildman–Crippen LogP) is 2.33. The lowest BCUT2D eigenvalue weighted by Gasteiger charge is -2.26. The van der Waals surface area contributed by atoms with Crippen LogP contribution >= 0.6 is 0 Å². The van der Waals surface area contributed by atoms with Crippen LogP contribution in [0.25, 0.3) is 0 Å². The Morgan fingerprint density at radius 3 is 1.52 bits per heavy atom. The number of ketones is 1. The van der Waals surface area contributed by atoms with Crippen LogP contribution in [0.4, 0.5) is 0 Å². The Balaban J connectivity index is 1.43. The second-order valence-corrected chi connectivity index (χ2v) is 6.98. The van der Waals surface area contributed by atoms with E-state index < -0.39 is 18.0 Å². The number of hydrogen-bond donors (Lipinski definition) is 0. The highest BCUT2D eigenvalue weighted by molar-refractivity contribution is 5.94. The first kappa shape index (κ1) is 14.2. The molecule has 6 rings (SSSR count). The largest absolute Gasteiger partial charge is 0.355 e. The van der Waals surface area contributed by atoms with Gasteiger partial charge in [0.15, 0.2) is 18.0 Å². The van der Waals surface area contributed by atoms with Crippen molar-refractivity contribution >= 4 is 5.78 Å². The summed E-state index contributed by atoms with van der Waals surface area (Å²) in [5, 5.41) is 0. The number of hydrogen-bond acceptors (Lipinski definition) is 5. The fourth-order valence-corrected chi connectivity index (χ4v) is 4.18. The minimum Gasteiger partial charge on any atom is -0.355 e. The summed E-state index contributed by atoms with van der Waals surface area (Å²) in [6, 6.07) is 20.1. The maximum Gasteiger partial charge on any atom is 0.229 e. The minimum atomic E-state index is -0.996. The van der Waals surface area contributed by atoms with E-state index in [0.29, 0.717) is 0 Å². The van der Waals surface area contributed by atoms with E-state index in [9.17, 15) is 4.79 Å². The molecule has 0 N–H and O–H groups in total. The number of carbonyl (C=O) groups is 1. The van der Waals surface area contributed by atoms with Gasteiger partial charge in [-0.15, -0.1) is 0 Å². The molecule has 6 atom stereocenters. The molecular formula is C20H16O5. The first-order chi connectivity index (χ1) is 12.3. The topological polar surface area (TPSA) is 60.6 Å². The van der Waals surface area contributed by atoms with Crippen LogP contribution in [-0.2, 0) is 23.7 Å². The third-order valence-electron chi connectivity index (χ3n) is 5.49. The molecule has 5 nitrogen and oxygen atoms in total. The van der Waals surface area contributed by atoms with E-state index in [1.165, 1.54) is 0 Å². The fourth-order valence-electron chi connectivity index (χ4n) is 4.18. The van der Waals surface area contributed by atoms with Gasteiger partial charge in [-0.05, 0) is 11.1 Å². The van der Waals surface area contributed by atoms with E-state index in [1.54, 1.807) is 0 Å². The summed E-state index contributed by atoms with van der Waals surface area (Å²) in [4.78, 5) is 12.1. The van der Waals surface area contributed by atoms with Crippen LogP contribution in [0.2, 0.25) is 0 Å². The molecule has 4 fully saturated rings. The molecule has 126 valence electrons. The van der Waals surface area contributed by atoms with Crippen molar-refractivity contribution in [2.75, 3.05) is 0 Å². The molecule has 0 radical (unpaired) electrons. The summed E-state index contributed by atoms with van der Waals surface area (Å²) >= 11 is 0. The number of benzene rings is 2. The highest BCUT2D eigenvalue weighted by atomic mass is 16.8. The first-order valence-electron chi connectivity index (χ1n) is 8.58. The summed E-state index contributed by atoms with van der Waals surface area (Å²) < 4.78 is 24.2. The molecular weight excluding hydrogens is 320 g/mol. The van der Waals surface area contributed by atoms with Crippen LogP contribution < -0.4 is 0 Å². The number of Topliss-reactive ketones (excluding diaryl/α,β-unsaturated/α-hetero) is 1. The van der Waals surface area contributed by atoms with Gasteiger partial charge in [0.1, 0.15) is 24.4 Å². The van der Waals surface area contributed by atoms with Crippen molar-refractivity contribution in [3.05, 3.63) is 71.8 Å². The zero-order valence-electron chi connectivity index (χ0n) is 13.3. The smallest absolute Gasteiger partial charge is 0.229 e. The summed E-state index contributed by atoms with van der Waals surface area (Å²) in [5.41, 5.74) is 2.08. The second kappa shape index (κ2) is 4.77. The fraction of sp³-hybridized carbons (Fsp3) is 0.350. The molecule has 1 saturated carbocycles. The zero-order chi connectivity index (χ0) is 16.6. The molecule has 2 aromatic carbocycles. The molecule has 0 unspecified atom stereocenters. The normalized spacial score (nSPS) is 39.8. The van der Waals surface area contributed by atoms with E-state index in [0.717, 1.165) is 11.1 Å². The van der Waals surface area contributed by atoms with Crippen molar-refractivity contribution in [3.63, 3.8) is 0 Å².